The highest BCUT2D eigenvalue weighted by atomic mass is 35.5. The lowest BCUT2D eigenvalue weighted by atomic mass is 10.2. The van der Waals surface area contributed by atoms with Gasteiger partial charge in [-0.15, -0.1) is 11.6 Å². The van der Waals surface area contributed by atoms with Crippen molar-refractivity contribution in [2.75, 3.05) is 38.6 Å². The predicted molar refractivity (Wildman–Crippen MR) is 71.9 cm³/mol. The lowest BCUT2D eigenvalue weighted by Gasteiger charge is -2.21. The number of amides is 1. The van der Waals surface area contributed by atoms with E-state index < -0.39 is 5.82 Å². The van der Waals surface area contributed by atoms with Crippen molar-refractivity contribution in [3.05, 3.63) is 29.8 Å². The van der Waals surface area contributed by atoms with Gasteiger partial charge in [-0.25, -0.2) is 4.39 Å². The molecule has 0 aromatic carbocycles. The van der Waals surface area contributed by atoms with Crippen LogP contribution in [0, 0.1) is 5.82 Å². The maximum Gasteiger partial charge on any atom is 0.256 e. The van der Waals surface area contributed by atoms with Gasteiger partial charge >= 0.3 is 0 Å². The molecule has 1 fully saturated rings. The number of aromatic nitrogens is 1. The number of halogens is 2. The molecule has 1 aromatic heterocycles. The molecule has 0 aliphatic carbocycles. The quantitative estimate of drug-likeness (QED) is 0.792. The average Bonchev–Trinajstić information content (AvgIpc) is 2.65. The smallest absolute Gasteiger partial charge is 0.256 e. The molecule has 1 amide bonds. The minimum Gasteiger partial charge on any atom is -0.337 e. The summed E-state index contributed by atoms with van der Waals surface area (Å²) in [4.78, 5) is 19.8. The third-order valence-corrected chi connectivity index (χ3v) is 3.45. The maximum absolute atomic E-state index is 13.6. The summed E-state index contributed by atoms with van der Waals surface area (Å²) in [6.07, 6.45) is 3.40. The average molecular weight is 286 g/mol. The summed E-state index contributed by atoms with van der Waals surface area (Å²) < 4.78 is 13.6. The second kappa shape index (κ2) is 6.82. The lowest BCUT2D eigenvalue weighted by molar-refractivity contribution is 0.0757. The van der Waals surface area contributed by atoms with E-state index in [4.69, 9.17) is 11.6 Å². The fourth-order valence-electron chi connectivity index (χ4n) is 2.24. The minimum atomic E-state index is -0.561. The molecule has 1 saturated heterocycles. The van der Waals surface area contributed by atoms with Gasteiger partial charge in [0.2, 0.25) is 0 Å². The van der Waals surface area contributed by atoms with Crippen LogP contribution in [0.25, 0.3) is 0 Å². The molecule has 0 atom stereocenters. The van der Waals surface area contributed by atoms with Crippen LogP contribution in [-0.2, 0) is 0 Å². The van der Waals surface area contributed by atoms with E-state index in [1.807, 2.05) is 0 Å². The zero-order chi connectivity index (χ0) is 13.7. The predicted octanol–water partition coefficient (Wildman–Crippen LogP) is 1.61. The lowest BCUT2D eigenvalue weighted by Crippen LogP contribution is -2.36. The molecule has 4 nitrogen and oxygen atoms in total. The molecule has 1 aliphatic rings. The van der Waals surface area contributed by atoms with Crippen molar-refractivity contribution in [3.8, 4) is 0 Å². The first-order valence-corrected chi connectivity index (χ1v) is 6.93. The maximum atomic E-state index is 13.6. The summed E-state index contributed by atoms with van der Waals surface area (Å²) in [7, 11) is 0. The summed E-state index contributed by atoms with van der Waals surface area (Å²) in [6.45, 7) is 3.80. The van der Waals surface area contributed by atoms with Crippen LogP contribution in [-0.4, -0.2) is 59.3 Å². The van der Waals surface area contributed by atoms with Gasteiger partial charge in [-0.3, -0.25) is 9.78 Å². The zero-order valence-electron chi connectivity index (χ0n) is 10.7. The molecule has 0 unspecified atom stereocenters. The molecule has 0 radical (unpaired) electrons. The Morgan fingerprint density at radius 3 is 2.95 bits per heavy atom. The molecule has 19 heavy (non-hydrogen) atoms. The van der Waals surface area contributed by atoms with Crippen LogP contribution in [0.5, 0.6) is 0 Å². The highest BCUT2D eigenvalue weighted by Gasteiger charge is 2.22. The SMILES string of the molecule is O=C(c1ccncc1F)N1CCCN(CCCl)CC1. The highest BCUT2D eigenvalue weighted by molar-refractivity contribution is 6.18. The van der Waals surface area contributed by atoms with E-state index >= 15 is 0 Å². The number of nitrogens with zero attached hydrogens (tertiary/aromatic N) is 3. The number of alkyl halides is 1. The molecule has 2 heterocycles. The van der Waals surface area contributed by atoms with Crippen molar-refractivity contribution < 1.29 is 9.18 Å². The summed E-state index contributed by atoms with van der Waals surface area (Å²) >= 11 is 5.73. The van der Waals surface area contributed by atoms with Crippen molar-refractivity contribution in [2.45, 2.75) is 6.42 Å². The van der Waals surface area contributed by atoms with E-state index in [0.29, 0.717) is 19.0 Å². The van der Waals surface area contributed by atoms with Crippen LogP contribution in [0.2, 0.25) is 0 Å². The second-order valence-corrected chi connectivity index (χ2v) is 4.91. The molecule has 2 rings (SSSR count). The van der Waals surface area contributed by atoms with Gasteiger partial charge in [0.05, 0.1) is 11.8 Å². The topological polar surface area (TPSA) is 36.4 Å². The molecule has 0 saturated carbocycles. The van der Waals surface area contributed by atoms with Crippen molar-refractivity contribution >= 4 is 17.5 Å². The number of hydrogen-bond acceptors (Lipinski definition) is 3. The van der Waals surface area contributed by atoms with E-state index in [9.17, 15) is 9.18 Å². The molecular formula is C13H17ClFN3O. The van der Waals surface area contributed by atoms with Gasteiger partial charge in [0, 0.05) is 38.3 Å². The Bertz CT molecular complexity index is 444. The summed E-state index contributed by atoms with van der Waals surface area (Å²) in [5.74, 6) is -0.227. The van der Waals surface area contributed by atoms with E-state index in [-0.39, 0.29) is 11.5 Å². The van der Waals surface area contributed by atoms with Gasteiger partial charge < -0.3 is 9.80 Å². The Kier molecular flexibility index (Phi) is 5.10. The normalized spacial score (nSPS) is 17.3. The summed E-state index contributed by atoms with van der Waals surface area (Å²) in [5, 5.41) is 0. The summed E-state index contributed by atoms with van der Waals surface area (Å²) in [6, 6.07) is 1.43. The van der Waals surface area contributed by atoms with Crippen LogP contribution >= 0.6 is 11.6 Å². The molecule has 0 bridgehead atoms. The Morgan fingerprint density at radius 1 is 1.37 bits per heavy atom. The Balaban J connectivity index is 2.02. The first-order chi connectivity index (χ1) is 9.22. The molecular weight excluding hydrogens is 269 g/mol. The third kappa shape index (κ3) is 3.64. The van der Waals surface area contributed by atoms with Gasteiger partial charge in [0.1, 0.15) is 0 Å². The Morgan fingerprint density at radius 2 is 2.21 bits per heavy atom. The largest absolute Gasteiger partial charge is 0.337 e. The number of carbonyl (C=O) groups excluding carboxylic acids is 1. The van der Waals surface area contributed by atoms with E-state index in [2.05, 4.69) is 9.88 Å². The van der Waals surface area contributed by atoms with Crippen LogP contribution in [0.4, 0.5) is 4.39 Å². The molecule has 0 N–H and O–H groups in total. The van der Waals surface area contributed by atoms with Crippen molar-refractivity contribution in [3.63, 3.8) is 0 Å². The first-order valence-electron chi connectivity index (χ1n) is 6.39. The Labute approximate surface area is 117 Å². The fraction of sp³-hybridized carbons (Fsp3) is 0.538. The van der Waals surface area contributed by atoms with E-state index in [0.717, 1.165) is 32.3 Å². The zero-order valence-corrected chi connectivity index (χ0v) is 11.4. The van der Waals surface area contributed by atoms with Gasteiger partial charge in [0.15, 0.2) is 5.82 Å². The van der Waals surface area contributed by atoms with E-state index in [1.165, 1.54) is 12.3 Å². The molecule has 1 aliphatic heterocycles. The number of hydrogen-bond donors (Lipinski definition) is 0. The highest BCUT2D eigenvalue weighted by Crippen LogP contribution is 2.11. The minimum absolute atomic E-state index is 0.0980. The third-order valence-electron chi connectivity index (χ3n) is 3.28. The van der Waals surface area contributed by atoms with Crippen LogP contribution in [0.1, 0.15) is 16.8 Å². The Hall–Kier alpha value is -1.20. The van der Waals surface area contributed by atoms with Crippen molar-refractivity contribution in [2.24, 2.45) is 0 Å². The van der Waals surface area contributed by atoms with Crippen molar-refractivity contribution in [1.29, 1.82) is 0 Å². The number of rotatable bonds is 3. The van der Waals surface area contributed by atoms with Gasteiger partial charge in [-0.1, -0.05) is 0 Å². The van der Waals surface area contributed by atoms with Crippen LogP contribution in [0.15, 0.2) is 18.5 Å². The summed E-state index contributed by atoms with van der Waals surface area (Å²) in [5.41, 5.74) is 0.0980. The van der Waals surface area contributed by atoms with Gasteiger partial charge in [0.25, 0.3) is 5.91 Å². The number of carbonyl (C=O) groups is 1. The van der Waals surface area contributed by atoms with Crippen LogP contribution in [0.3, 0.4) is 0 Å². The molecule has 1 aromatic rings. The first kappa shape index (κ1) is 14.2. The van der Waals surface area contributed by atoms with Gasteiger partial charge in [-0.05, 0) is 19.0 Å². The monoisotopic (exact) mass is 285 g/mol. The van der Waals surface area contributed by atoms with Crippen LogP contribution < -0.4 is 0 Å². The second-order valence-electron chi connectivity index (χ2n) is 4.53. The van der Waals surface area contributed by atoms with Gasteiger partial charge in [-0.2, -0.15) is 0 Å². The molecule has 0 spiro atoms. The number of pyridine rings is 1. The molecule has 6 heteroatoms. The standard InChI is InChI=1S/C13H17ClFN3O/c14-3-7-17-5-1-6-18(9-8-17)13(19)11-2-4-16-10-12(11)15/h2,4,10H,1,3,5-9H2. The molecule has 104 valence electrons. The van der Waals surface area contributed by atoms with E-state index in [1.54, 1.807) is 4.90 Å². The fourth-order valence-corrected chi connectivity index (χ4v) is 2.48. The van der Waals surface area contributed by atoms with Crippen molar-refractivity contribution in [1.82, 2.24) is 14.8 Å².